The minimum Gasteiger partial charge on any atom is -0.326 e. The van der Waals surface area contributed by atoms with Crippen LogP contribution in [0.1, 0.15) is 58.8 Å². The molecule has 0 aromatic rings. The Bertz CT molecular complexity index is 115. The standard InChI is InChI=1S/C12H28N2/c1-4-6-8-9-11(13)12(14-3)10-7-5-2/h11-12,14H,4-10,13H2,1-3H3/t11?,12-/m1/s1. The van der Waals surface area contributed by atoms with E-state index < -0.39 is 0 Å². The Hall–Kier alpha value is -0.0800. The molecule has 0 spiro atoms. The monoisotopic (exact) mass is 200 g/mol. The van der Waals surface area contributed by atoms with Crippen molar-refractivity contribution in [1.29, 1.82) is 0 Å². The molecule has 14 heavy (non-hydrogen) atoms. The zero-order valence-electron chi connectivity index (χ0n) is 10.2. The molecule has 0 bridgehead atoms. The summed E-state index contributed by atoms with van der Waals surface area (Å²) in [5, 5.41) is 3.34. The van der Waals surface area contributed by atoms with E-state index in [2.05, 4.69) is 19.2 Å². The van der Waals surface area contributed by atoms with Crippen molar-refractivity contribution in [2.75, 3.05) is 7.05 Å². The lowest BCUT2D eigenvalue weighted by atomic mass is 9.98. The van der Waals surface area contributed by atoms with E-state index in [-0.39, 0.29) is 0 Å². The number of nitrogens with two attached hydrogens (primary N) is 1. The van der Waals surface area contributed by atoms with Gasteiger partial charge in [-0.1, -0.05) is 46.0 Å². The predicted octanol–water partition coefficient (Wildman–Crippen LogP) is 2.67. The summed E-state index contributed by atoms with van der Waals surface area (Å²) in [4.78, 5) is 0. The number of hydrogen-bond donors (Lipinski definition) is 2. The van der Waals surface area contributed by atoms with E-state index in [1.165, 1.54) is 44.9 Å². The number of rotatable bonds is 9. The molecule has 3 N–H and O–H groups in total. The Balaban J connectivity index is 3.61. The zero-order chi connectivity index (χ0) is 10.8. The van der Waals surface area contributed by atoms with Gasteiger partial charge in [-0.25, -0.2) is 0 Å². The second-order valence-corrected chi connectivity index (χ2v) is 4.20. The Morgan fingerprint density at radius 3 is 2.14 bits per heavy atom. The number of unbranched alkanes of at least 4 members (excludes halogenated alkanes) is 3. The summed E-state index contributed by atoms with van der Waals surface area (Å²) >= 11 is 0. The van der Waals surface area contributed by atoms with Crippen LogP contribution < -0.4 is 11.1 Å². The van der Waals surface area contributed by atoms with Gasteiger partial charge in [0.2, 0.25) is 0 Å². The lowest BCUT2D eigenvalue weighted by Crippen LogP contribution is -2.43. The normalized spacial score (nSPS) is 15.4. The molecular formula is C12H28N2. The van der Waals surface area contributed by atoms with Crippen molar-refractivity contribution in [3.8, 4) is 0 Å². The van der Waals surface area contributed by atoms with Crippen LogP contribution in [0, 0.1) is 0 Å². The van der Waals surface area contributed by atoms with Crippen molar-refractivity contribution in [1.82, 2.24) is 5.32 Å². The van der Waals surface area contributed by atoms with Gasteiger partial charge < -0.3 is 11.1 Å². The van der Waals surface area contributed by atoms with Gasteiger partial charge in [-0.15, -0.1) is 0 Å². The van der Waals surface area contributed by atoms with E-state index in [0.29, 0.717) is 12.1 Å². The van der Waals surface area contributed by atoms with Gasteiger partial charge in [-0.2, -0.15) is 0 Å². The van der Waals surface area contributed by atoms with E-state index in [1.54, 1.807) is 0 Å². The topological polar surface area (TPSA) is 38.0 Å². The van der Waals surface area contributed by atoms with Crippen molar-refractivity contribution in [2.24, 2.45) is 5.73 Å². The average molecular weight is 200 g/mol. The third kappa shape index (κ3) is 6.39. The van der Waals surface area contributed by atoms with Crippen LogP contribution in [0.5, 0.6) is 0 Å². The molecule has 0 aromatic heterocycles. The average Bonchev–Trinajstić information content (AvgIpc) is 2.19. The minimum absolute atomic E-state index is 0.345. The van der Waals surface area contributed by atoms with E-state index in [0.717, 1.165) is 0 Å². The van der Waals surface area contributed by atoms with Crippen molar-refractivity contribution in [3.63, 3.8) is 0 Å². The summed E-state index contributed by atoms with van der Waals surface area (Å²) in [7, 11) is 2.03. The summed E-state index contributed by atoms with van der Waals surface area (Å²) in [5.74, 6) is 0. The molecule has 0 saturated carbocycles. The van der Waals surface area contributed by atoms with Crippen LogP contribution in [0.25, 0.3) is 0 Å². The van der Waals surface area contributed by atoms with Gasteiger partial charge in [-0.05, 0) is 19.9 Å². The van der Waals surface area contributed by atoms with Crippen LogP contribution >= 0.6 is 0 Å². The molecule has 0 fully saturated rings. The first-order valence-corrected chi connectivity index (χ1v) is 6.19. The van der Waals surface area contributed by atoms with Gasteiger partial charge in [0.15, 0.2) is 0 Å². The third-order valence-electron chi connectivity index (χ3n) is 2.90. The fourth-order valence-corrected chi connectivity index (χ4v) is 1.83. The molecule has 0 saturated heterocycles. The van der Waals surface area contributed by atoms with Crippen LogP contribution in [-0.4, -0.2) is 19.1 Å². The lowest BCUT2D eigenvalue weighted by molar-refractivity contribution is 0.393. The van der Waals surface area contributed by atoms with Gasteiger partial charge in [0, 0.05) is 12.1 Å². The highest BCUT2D eigenvalue weighted by Gasteiger charge is 2.14. The minimum atomic E-state index is 0.345. The van der Waals surface area contributed by atoms with E-state index >= 15 is 0 Å². The van der Waals surface area contributed by atoms with Crippen molar-refractivity contribution >= 4 is 0 Å². The molecule has 0 amide bonds. The van der Waals surface area contributed by atoms with Crippen molar-refractivity contribution in [3.05, 3.63) is 0 Å². The Morgan fingerprint density at radius 1 is 1.00 bits per heavy atom. The fraction of sp³-hybridized carbons (Fsp3) is 1.00. The Kier molecular flexibility index (Phi) is 9.42. The highest BCUT2D eigenvalue weighted by atomic mass is 14.9. The molecule has 1 unspecified atom stereocenters. The van der Waals surface area contributed by atoms with Gasteiger partial charge in [0.05, 0.1) is 0 Å². The maximum atomic E-state index is 6.15. The first-order valence-electron chi connectivity index (χ1n) is 6.19. The van der Waals surface area contributed by atoms with Crippen LogP contribution in [0.3, 0.4) is 0 Å². The second kappa shape index (κ2) is 9.47. The lowest BCUT2D eigenvalue weighted by Gasteiger charge is -2.23. The summed E-state index contributed by atoms with van der Waals surface area (Å²) < 4.78 is 0. The molecule has 0 rings (SSSR count). The molecular weight excluding hydrogens is 172 g/mol. The van der Waals surface area contributed by atoms with Crippen molar-refractivity contribution in [2.45, 2.75) is 70.9 Å². The molecule has 0 aliphatic heterocycles. The summed E-state index contributed by atoms with van der Waals surface area (Å²) in [5.41, 5.74) is 6.15. The first kappa shape index (κ1) is 13.9. The van der Waals surface area contributed by atoms with Gasteiger partial charge in [0.25, 0.3) is 0 Å². The predicted molar refractivity (Wildman–Crippen MR) is 64.5 cm³/mol. The molecule has 0 aliphatic rings. The van der Waals surface area contributed by atoms with Crippen molar-refractivity contribution < 1.29 is 0 Å². The quantitative estimate of drug-likeness (QED) is 0.562. The highest BCUT2D eigenvalue weighted by molar-refractivity contribution is 4.77. The van der Waals surface area contributed by atoms with E-state index in [1.807, 2.05) is 7.05 Å². The molecule has 2 heteroatoms. The Morgan fingerprint density at radius 2 is 1.64 bits per heavy atom. The molecule has 0 aromatic carbocycles. The van der Waals surface area contributed by atoms with Gasteiger partial charge in [0.1, 0.15) is 0 Å². The Labute approximate surface area is 89.6 Å². The maximum Gasteiger partial charge on any atom is 0.0216 e. The molecule has 0 aliphatic carbocycles. The van der Waals surface area contributed by atoms with Gasteiger partial charge >= 0.3 is 0 Å². The summed E-state index contributed by atoms with van der Waals surface area (Å²) in [6, 6.07) is 0.866. The molecule has 2 nitrogen and oxygen atoms in total. The third-order valence-corrected chi connectivity index (χ3v) is 2.90. The van der Waals surface area contributed by atoms with Crippen LogP contribution in [0.15, 0.2) is 0 Å². The first-order chi connectivity index (χ1) is 6.76. The molecule has 0 radical (unpaired) electrons. The summed E-state index contributed by atoms with van der Waals surface area (Å²) in [6.07, 6.45) is 8.82. The number of hydrogen-bond acceptors (Lipinski definition) is 2. The molecule has 86 valence electrons. The van der Waals surface area contributed by atoms with Gasteiger partial charge in [-0.3, -0.25) is 0 Å². The SMILES string of the molecule is CCCCCC(N)[C@@H](CCCC)NC. The van der Waals surface area contributed by atoms with E-state index in [9.17, 15) is 0 Å². The van der Waals surface area contributed by atoms with Crippen LogP contribution in [-0.2, 0) is 0 Å². The smallest absolute Gasteiger partial charge is 0.0216 e. The zero-order valence-corrected chi connectivity index (χ0v) is 10.2. The highest BCUT2D eigenvalue weighted by Crippen LogP contribution is 2.09. The van der Waals surface area contributed by atoms with Crippen LogP contribution in [0.4, 0.5) is 0 Å². The number of nitrogens with one attached hydrogen (secondary N) is 1. The maximum absolute atomic E-state index is 6.15. The summed E-state index contributed by atoms with van der Waals surface area (Å²) in [6.45, 7) is 4.47. The van der Waals surface area contributed by atoms with E-state index in [4.69, 9.17) is 5.73 Å². The second-order valence-electron chi connectivity index (χ2n) is 4.20. The molecule has 0 heterocycles. The largest absolute Gasteiger partial charge is 0.326 e. The number of likely N-dealkylation sites (N-methyl/N-ethyl adjacent to an activating group) is 1. The fourth-order valence-electron chi connectivity index (χ4n) is 1.83. The van der Waals surface area contributed by atoms with Crippen LogP contribution in [0.2, 0.25) is 0 Å². The molecule has 2 atom stereocenters.